The topological polar surface area (TPSA) is 88.0 Å². The molecule has 1 aromatic carbocycles. The van der Waals surface area contributed by atoms with Crippen molar-refractivity contribution < 1.29 is 24.5 Å². The average molecular weight is 337 g/mol. The molecule has 2 rings (SSSR count). The van der Waals surface area contributed by atoms with E-state index in [2.05, 4.69) is 5.32 Å². The highest BCUT2D eigenvalue weighted by atomic mass is 16.6. The Labute approximate surface area is 142 Å². The number of benzene rings is 1. The SMILES string of the molecule is CC(C)(C)NCC(COc1cccc2c1CC(O)C(O)C2)OC=O. The van der Waals surface area contributed by atoms with Crippen LogP contribution in [-0.2, 0) is 22.4 Å². The Morgan fingerprint density at radius 1 is 1.29 bits per heavy atom. The number of hydrogen-bond donors (Lipinski definition) is 3. The molecule has 1 aliphatic carbocycles. The Morgan fingerprint density at radius 3 is 2.67 bits per heavy atom. The lowest BCUT2D eigenvalue weighted by atomic mass is 9.87. The second kappa shape index (κ2) is 7.96. The van der Waals surface area contributed by atoms with Crippen molar-refractivity contribution in [3.05, 3.63) is 29.3 Å². The van der Waals surface area contributed by atoms with Crippen molar-refractivity contribution in [2.45, 2.75) is 57.5 Å². The maximum Gasteiger partial charge on any atom is 0.293 e. The number of nitrogens with one attached hydrogen (secondary N) is 1. The molecule has 3 unspecified atom stereocenters. The molecule has 1 aromatic rings. The lowest BCUT2D eigenvalue weighted by molar-refractivity contribution is -0.135. The zero-order valence-electron chi connectivity index (χ0n) is 14.5. The van der Waals surface area contributed by atoms with Gasteiger partial charge in [0, 0.05) is 30.5 Å². The van der Waals surface area contributed by atoms with E-state index in [0.717, 1.165) is 11.1 Å². The van der Waals surface area contributed by atoms with Gasteiger partial charge in [0.15, 0.2) is 0 Å². The molecule has 24 heavy (non-hydrogen) atoms. The molecule has 0 spiro atoms. The van der Waals surface area contributed by atoms with Crippen LogP contribution in [0.3, 0.4) is 0 Å². The van der Waals surface area contributed by atoms with Crippen LogP contribution in [0, 0.1) is 0 Å². The first-order valence-electron chi connectivity index (χ1n) is 8.24. The minimum atomic E-state index is -0.785. The summed E-state index contributed by atoms with van der Waals surface area (Å²) >= 11 is 0. The molecule has 1 aliphatic rings. The van der Waals surface area contributed by atoms with Gasteiger partial charge in [-0.25, -0.2) is 0 Å². The number of aliphatic hydroxyl groups excluding tert-OH is 2. The predicted molar refractivity (Wildman–Crippen MR) is 90.1 cm³/mol. The summed E-state index contributed by atoms with van der Waals surface area (Å²) in [5.41, 5.74) is 1.80. The van der Waals surface area contributed by atoms with E-state index in [1.165, 1.54) is 0 Å². The minimum Gasteiger partial charge on any atom is -0.489 e. The van der Waals surface area contributed by atoms with Gasteiger partial charge in [0.05, 0.1) is 12.2 Å². The number of carbonyl (C=O) groups excluding carboxylic acids is 1. The number of ether oxygens (including phenoxy) is 2. The Balaban J connectivity index is 2.02. The fraction of sp³-hybridized carbons (Fsp3) is 0.611. The van der Waals surface area contributed by atoms with Crippen molar-refractivity contribution in [3.63, 3.8) is 0 Å². The summed E-state index contributed by atoms with van der Waals surface area (Å²) in [6.45, 7) is 7.23. The van der Waals surface area contributed by atoms with Gasteiger partial charge in [-0.2, -0.15) is 0 Å². The maximum absolute atomic E-state index is 10.7. The van der Waals surface area contributed by atoms with Gasteiger partial charge in [-0.15, -0.1) is 0 Å². The summed E-state index contributed by atoms with van der Waals surface area (Å²) in [4.78, 5) is 10.7. The van der Waals surface area contributed by atoms with Gasteiger partial charge in [-0.3, -0.25) is 4.79 Å². The van der Waals surface area contributed by atoms with Crippen molar-refractivity contribution in [2.75, 3.05) is 13.2 Å². The third-order valence-electron chi connectivity index (χ3n) is 4.05. The third-order valence-corrected chi connectivity index (χ3v) is 4.05. The third kappa shape index (κ3) is 5.19. The number of aliphatic hydroxyl groups is 2. The summed E-state index contributed by atoms with van der Waals surface area (Å²) in [5.74, 6) is 0.661. The molecular weight excluding hydrogens is 310 g/mol. The number of hydrogen-bond acceptors (Lipinski definition) is 6. The second-order valence-corrected chi connectivity index (χ2v) is 7.23. The molecule has 0 bridgehead atoms. The van der Waals surface area contributed by atoms with Crippen LogP contribution in [0.5, 0.6) is 5.75 Å². The van der Waals surface area contributed by atoms with Crippen LogP contribution in [0.2, 0.25) is 0 Å². The zero-order valence-corrected chi connectivity index (χ0v) is 14.5. The molecule has 6 heteroatoms. The quantitative estimate of drug-likeness (QED) is 0.639. The molecule has 0 amide bonds. The minimum absolute atomic E-state index is 0.0867. The molecule has 3 N–H and O–H groups in total. The molecule has 134 valence electrons. The Morgan fingerprint density at radius 2 is 2.00 bits per heavy atom. The van der Waals surface area contributed by atoms with Crippen LogP contribution in [0.25, 0.3) is 0 Å². The number of carbonyl (C=O) groups is 1. The first kappa shape index (κ1) is 18.7. The summed E-state index contributed by atoms with van der Waals surface area (Å²) in [6, 6.07) is 5.62. The van der Waals surface area contributed by atoms with E-state index in [-0.39, 0.29) is 12.1 Å². The average Bonchev–Trinajstić information content (AvgIpc) is 2.50. The van der Waals surface area contributed by atoms with Crippen LogP contribution in [-0.4, -0.2) is 53.7 Å². The van der Waals surface area contributed by atoms with Gasteiger partial charge in [0.2, 0.25) is 0 Å². The lowest BCUT2D eigenvalue weighted by Gasteiger charge is -2.28. The fourth-order valence-corrected chi connectivity index (χ4v) is 2.70. The molecule has 0 aliphatic heterocycles. The lowest BCUT2D eigenvalue weighted by Crippen LogP contribution is -2.43. The summed E-state index contributed by atoms with van der Waals surface area (Å²) in [6.07, 6.45) is -1.17. The van der Waals surface area contributed by atoms with Gasteiger partial charge in [-0.1, -0.05) is 12.1 Å². The zero-order chi connectivity index (χ0) is 17.7. The molecule has 0 saturated heterocycles. The summed E-state index contributed by atoms with van der Waals surface area (Å²) < 4.78 is 10.9. The highest BCUT2D eigenvalue weighted by molar-refractivity contribution is 5.43. The number of fused-ring (bicyclic) bond motifs is 1. The van der Waals surface area contributed by atoms with Crippen molar-refractivity contribution >= 4 is 6.47 Å². The molecule has 0 fully saturated rings. The molecule has 0 saturated carbocycles. The molecular formula is C18H27NO5. The van der Waals surface area contributed by atoms with Crippen molar-refractivity contribution in [2.24, 2.45) is 0 Å². The van der Waals surface area contributed by atoms with Crippen molar-refractivity contribution in [3.8, 4) is 5.75 Å². The highest BCUT2D eigenvalue weighted by Gasteiger charge is 2.27. The largest absolute Gasteiger partial charge is 0.489 e. The van der Waals surface area contributed by atoms with E-state index >= 15 is 0 Å². The van der Waals surface area contributed by atoms with Crippen LogP contribution in [0.15, 0.2) is 18.2 Å². The van der Waals surface area contributed by atoms with E-state index in [4.69, 9.17) is 9.47 Å². The molecule has 0 aromatic heterocycles. The Kier molecular flexibility index (Phi) is 6.21. The van der Waals surface area contributed by atoms with E-state index in [1.54, 1.807) is 0 Å². The Bertz CT molecular complexity index is 555. The standard InChI is InChI=1S/C18H27NO5/c1-18(2,3)19-9-13(24-11-20)10-23-17-6-4-5-12-7-15(21)16(22)8-14(12)17/h4-6,11,13,15-16,19,21-22H,7-10H2,1-3H3. The molecule has 0 heterocycles. The first-order chi connectivity index (χ1) is 11.3. The fourth-order valence-electron chi connectivity index (χ4n) is 2.70. The molecule has 3 atom stereocenters. The van der Waals surface area contributed by atoms with E-state index < -0.39 is 18.3 Å². The van der Waals surface area contributed by atoms with Crippen LogP contribution < -0.4 is 10.1 Å². The summed E-state index contributed by atoms with van der Waals surface area (Å²) in [5, 5.41) is 23.0. The maximum atomic E-state index is 10.7. The molecule has 0 radical (unpaired) electrons. The monoisotopic (exact) mass is 337 g/mol. The van der Waals surface area contributed by atoms with Crippen LogP contribution >= 0.6 is 0 Å². The van der Waals surface area contributed by atoms with Crippen molar-refractivity contribution in [1.82, 2.24) is 5.32 Å². The van der Waals surface area contributed by atoms with Gasteiger partial charge in [0.25, 0.3) is 6.47 Å². The summed E-state index contributed by atoms with van der Waals surface area (Å²) in [7, 11) is 0. The Hall–Kier alpha value is -1.63. The van der Waals surface area contributed by atoms with Crippen LogP contribution in [0.4, 0.5) is 0 Å². The van der Waals surface area contributed by atoms with E-state index in [9.17, 15) is 15.0 Å². The van der Waals surface area contributed by atoms with Crippen LogP contribution in [0.1, 0.15) is 31.9 Å². The molecule has 6 nitrogen and oxygen atoms in total. The van der Waals surface area contributed by atoms with Gasteiger partial charge >= 0.3 is 0 Å². The first-order valence-corrected chi connectivity index (χ1v) is 8.24. The van der Waals surface area contributed by atoms with Gasteiger partial charge in [0.1, 0.15) is 18.5 Å². The van der Waals surface area contributed by atoms with E-state index in [0.29, 0.717) is 31.6 Å². The number of rotatable bonds is 7. The van der Waals surface area contributed by atoms with Crippen molar-refractivity contribution in [1.29, 1.82) is 0 Å². The van der Waals surface area contributed by atoms with Gasteiger partial charge < -0.3 is 25.0 Å². The van der Waals surface area contributed by atoms with Gasteiger partial charge in [-0.05, 0) is 32.4 Å². The highest BCUT2D eigenvalue weighted by Crippen LogP contribution is 2.30. The normalized spacial score (nSPS) is 21.7. The second-order valence-electron chi connectivity index (χ2n) is 7.23. The predicted octanol–water partition coefficient (Wildman–Crippen LogP) is 0.815. The smallest absolute Gasteiger partial charge is 0.293 e. The van der Waals surface area contributed by atoms with E-state index in [1.807, 2.05) is 39.0 Å².